The molecule has 76 valence electrons. The van der Waals surface area contributed by atoms with Crippen molar-refractivity contribution in [3.05, 3.63) is 28.2 Å². The van der Waals surface area contributed by atoms with Gasteiger partial charge in [-0.05, 0) is 28.1 Å². The molecule has 14 heavy (non-hydrogen) atoms. The number of benzene rings is 1. The monoisotopic (exact) mass is 263 g/mol. The van der Waals surface area contributed by atoms with Gasteiger partial charge < -0.3 is 5.32 Å². The highest BCUT2D eigenvalue weighted by Crippen LogP contribution is 2.28. The van der Waals surface area contributed by atoms with E-state index in [2.05, 4.69) is 21.2 Å². The number of hydrogen-bond donors (Lipinski definition) is 1. The van der Waals surface area contributed by atoms with Crippen LogP contribution in [0.2, 0.25) is 0 Å². The lowest BCUT2D eigenvalue weighted by Crippen LogP contribution is -2.06. The summed E-state index contributed by atoms with van der Waals surface area (Å²) in [5, 5.41) is 2.51. The molecule has 0 saturated carbocycles. The molecule has 0 aromatic heterocycles. The van der Waals surface area contributed by atoms with Crippen LogP contribution in [0.1, 0.15) is 18.9 Å². The van der Waals surface area contributed by atoms with E-state index in [0.717, 1.165) is 0 Å². The highest BCUT2D eigenvalue weighted by Gasteiger charge is 2.09. The van der Waals surface area contributed by atoms with Crippen molar-refractivity contribution < 1.29 is 13.6 Å². The lowest BCUT2D eigenvalue weighted by atomic mass is 10.2. The number of alkyl halides is 2. The number of rotatable bonds is 2. The molecule has 1 rings (SSSR count). The standard InChI is InChI=1S/C9H8BrF2NO/c1-5(14)13-8-3-2-6(9(11)12)4-7(8)10/h2-4,9H,1H3,(H,13,14). The third kappa shape index (κ3) is 2.77. The van der Waals surface area contributed by atoms with Crippen molar-refractivity contribution in [3.63, 3.8) is 0 Å². The summed E-state index contributed by atoms with van der Waals surface area (Å²) in [5.41, 5.74) is 0.410. The molecule has 0 aliphatic carbocycles. The normalized spacial score (nSPS) is 10.4. The molecule has 0 radical (unpaired) electrons. The minimum atomic E-state index is -2.50. The van der Waals surface area contributed by atoms with E-state index in [1.54, 1.807) is 0 Å². The van der Waals surface area contributed by atoms with E-state index in [-0.39, 0.29) is 11.5 Å². The van der Waals surface area contributed by atoms with Gasteiger partial charge in [0.1, 0.15) is 0 Å². The van der Waals surface area contributed by atoms with Crippen LogP contribution in [0.4, 0.5) is 14.5 Å². The minimum Gasteiger partial charge on any atom is -0.325 e. The topological polar surface area (TPSA) is 29.1 Å². The molecule has 1 aromatic carbocycles. The van der Waals surface area contributed by atoms with E-state index in [1.807, 2.05) is 0 Å². The van der Waals surface area contributed by atoms with Gasteiger partial charge in [-0.2, -0.15) is 0 Å². The number of anilines is 1. The largest absolute Gasteiger partial charge is 0.325 e. The van der Waals surface area contributed by atoms with Crippen LogP contribution in [0.3, 0.4) is 0 Å². The van der Waals surface area contributed by atoms with E-state index >= 15 is 0 Å². The van der Waals surface area contributed by atoms with Crippen LogP contribution in [0.5, 0.6) is 0 Å². The van der Waals surface area contributed by atoms with Crippen LogP contribution >= 0.6 is 15.9 Å². The molecule has 0 atom stereocenters. The fraction of sp³-hybridized carbons (Fsp3) is 0.222. The number of nitrogens with one attached hydrogen (secondary N) is 1. The highest BCUT2D eigenvalue weighted by molar-refractivity contribution is 9.10. The fourth-order valence-corrected chi connectivity index (χ4v) is 1.45. The molecule has 2 nitrogen and oxygen atoms in total. The van der Waals surface area contributed by atoms with Crippen LogP contribution in [-0.2, 0) is 4.79 Å². The number of hydrogen-bond acceptors (Lipinski definition) is 1. The van der Waals surface area contributed by atoms with Crippen molar-refractivity contribution in [1.29, 1.82) is 0 Å². The Morgan fingerprint density at radius 2 is 2.14 bits per heavy atom. The average molecular weight is 264 g/mol. The maximum atomic E-state index is 12.2. The highest BCUT2D eigenvalue weighted by atomic mass is 79.9. The molecule has 0 aliphatic rings. The molecule has 0 unspecified atom stereocenters. The van der Waals surface area contributed by atoms with Crippen molar-refractivity contribution in [1.82, 2.24) is 0 Å². The molecule has 0 spiro atoms. The Hall–Kier alpha value is -0.970. The molecule has 0 saturated heterocycles. The number of carbonyl (C=O) groups is 1. The fourth-order valence-electron chi connectivity index (χ4n) is 0.958. The first-order valence-corrected chi connectivity index (χ1v) is 4.65. The van der Waals surface area contributed by atoms with Crippen LogP contribution in [0.25, 0.3) is 0 Å². The first-order chi connectivity index (χ1) is 6.50. The summed E-state index contributed by atoms with van der Waals surface area (Å²) >= 11 is 3.10. The zero-order valence-electron chi connectivity index (χ0n) is 7.35. The third-order valence-corrected chi connectivity index (χ3v) is 2.21. The zero-order valence-corrected chi connectivity index (χ0v) is 8.94. The Morgan fingerprint density at radius 1 is 1.50 bits per heavy atom. The summed E-state index contributed by atoms with van der Waals surface area (Å²) in [6, 6.07) is 4.00. The predicted octanol–water partition coefficient (Wildman–Crippen LogP) is 3.35. The van der Waals surface area contributed by atoms with E-state index in [4.69, 9.17) is 0 Å². The van der Waals surface area contributed by atoms with Gasteiger partial charge in [0.2, 0.25) is 5.91 Å². The number of amides is 1. The van der Waals surface area contributed by atoms with Crippen LogP contribution < -0.4 is 5.32 Å². The summed E-state index contributed by atoms with van der Waals surface area (Å²) in [4.78, 5) is 10.7. The SMILES string of the molecule is CC(=O)Nc1ccc(C(F)F)cc1Br. The molecule has 0 heterocycles. The van der Waals surface area contributed by atoms with E-state index in [0.29, 0.717) is 10.2 Å². The Bertz CT molecular complexity index is 355. The predicted molar refractivity (Wildman–Crippen MR) is 53.4 cm³/mol. The van der Waals surface area contributed by atoms with Crippen molar-refractivity contribution in [2.75, 3.05) is 5.32 Å². The quantitative estimate of drug-likeness (QED) is 0.871. The van der Waals surface area contributed by atoms with Gasteiger partial charge in [0.15, 0.2) is 0 Å². The molecular formula is C9H8BrF2NO. The molecule has 1 amide bonds. The van der Waals surface area contributed by atoms with Crippen LogP contribution in [0.15, 0.2) is 22.7 Å². The summed E-state index contributed by atoms with van der Waals surface area (Å²) in [6.07, 6.45) is -2.50. The van der Waals surface area contributed by atoms with E-state index in [9.17, 15) is 13.6 Å². The second kappa shape index (κ2) is 4.50. The van der Waals surface area contributed by atoms with Crippen molar-refractivity contribution in [2.45, 2.75) is 13.3 Å². The maximum absolute atomic E-state index is 12.2. The zero-order chi connectivity index (χ0) is 10.7. The van der Waals surface area contributed by atoms with E-state index in [1.165, 1.54) is 25.1 Å². The molecule has 1 N–H and O–H groups in total. The lowest BCUT2D eigenvalue weighted by Gasteiger charge is -2.06. The smallest absolute Gasteiger partial charge is 0.263 e. The van der Waals surface area contributed by atoms with Gasteiger partial charge in [0, 0.05) is 17.0 Å². The van der Waals surface area contributed by atoms with Crippen LogP contribution in [0, 0.1) is 0 Å². The minimum absolute atomic E-state index is 0.0778. The van der Waals surface area contributed by atoms with Gasteiger partial charge in [0.05, 0.1) is 5.69 Å². The summed E-state index contributed by atoms with van der Waals surface area (Å²) < 4.78 is 24.9. The van der Waals surface area contributed by atoms with Gasteiger partial charge in [0.25, 0.3) is 6.43 Å². The first-order valence-electron chi connectivity index (χ1n) is 3.86. The van der Waals surface area contributed by atoms with Crippen molar-refractivity contribution in [2.24, 2.45) is 0 Å². The lowest BCUT2D eigenvalue weighted by molar-refractivity contribution is -0.114. The van der Waals surface area contributed by atoms with Gasteiger partial charge >= 0.3 is 0 Å². The first kappa shape index (κ1) is 11.1. The second-order valence-corrected chi connectivity index (χ2v) is 3.58. The van der Waals surface area contributed by atoms with Crippen molar-refractivity contribution >= 4 is 27.5 Å². The second-order valence-electron chi connectivity index (χ2n) is 2.72. The number of carbonyl (C=O) groups excluding carboxylic acids is 1. The Labute approximate surface area is 88.4 Å². The van der Waals surface area contributed by atoms with Crippen LogP contribution in [-0.4, -0.2) is 5.91 Å². The van der Waals surface area contributed by atoms with Gasteiger partial charge in [-0.3, -0.25) is 4.79 Å². The average Bonchev–Trinajstić information content (AvgIpc) is 2.07. The Kier molecular flexibility index (Phi) is 3.57. The third-order valence-electron chi connectivity index (χ3n) is 1.56. The summed E-state index contributed by atoms with van der Waals surface area (Å²) in [5.74, 6) is -0.240. The maximum Gasteiger partial charge on any atom is 0.263 e. The molecule has 0 bridgehead atoms. The molecular weight excluding hydrogens is 256 g/mol. The molecule has 5 heteroatoms. The molecule has 1 aromatic rings. The summed E-state index contributed by atoms with van der Waals surface area (Å²) in [6.45, 7) is 1.35. The Balaban J connectivity index is 2.95. The van der Waals surface area contributed by atoms with Crippen molar-refractivity contribution in [3.8, 4) is 0 Å². The van der Waals surface area contributed by atoms with Gasteiger partial charge in [-0.15, -0.1) is 0 Å². The molecule has 0 fully saturated rings. The Morgan fingerprint density at radius 3 is 2.57 bits per heavy atom. The van der Waals surface area contributed by atoms with Gasteiger partial charge in [-0.25, -0.2) is 8.78 Å². The number of halogens is 3. The summed E-state index contributed by atoms with van der Waals surface area (Å²) in [7, 11) is 0. The van der Waals surface area contributed by atoms with E-state index < -0.39 is 6.43 Å². The molecule has 0 aliphatic heterocycles. The van der Waals surface area contributed by atoms with Gasteiger partial charge in [-0.1, -0.05) is 6.07 Å².